The van der Waals surface area contributed by atoms with E-state index in [1.165, 1.54) is 6.07 Å². The van der Waals surface area contributed by atoms with Crippen LogP contribution in [0, 0.1) is 11.3 Å². The number of nitrogens with zero attached hydrogens (tertiary/aromatic N) is 2. The van der Waals surface area contributed by atoms with Gasteiger partial charge < -0.3 is 10.5 Å². The molecule has 2 N–H and O–H groups in total. The Bertz CT molecular complexity index is 623. The number of nitrogens with two attached hydrogens (primary N) is 1. The molecular weight excluding hydrogens is 299 g/mol. The van der Waals surface area contributed by atoms with E-state index in [1.54, 1.807) is 0 Å². The monoisotopic (exact) mass is 301 g/mol. The molecule has 1 rings (SSSR count). The smallest absolute Gasteiger partial charge is 0.395 e. The summed E-state index contributed by atoms with van der Waals surface area (Å²) in [6.07, 6.45) is -5.09. The van der Waals surface area contributed by atoms with Crippen LogP contribution in [0.25, 0.3) is 0 Å². The maximum Gasteiger partial charge on any atom is 0.574 e. The van der Waals surface area contributed by atoms with Gasteiger partial charge in [0.2, 0.25) is 5.88 Å². The molecule has 0 aromatic carbocycles. The van der Waals surface area contributed by atoms with Gasteiger partial charge in [0.1, 0.15) is 6.07 Å². The summed E-state index contributed by atoms with van der Waals surface area (Å²) in [6.45, 7) is 0. The molecular formula is C7H3ClF3N3O3S. The number of pyridine rings is 1. The van der Waals surface area contributed by atoms with Crippen LogP contribution in [0.15, 0.2) is 11.1 Å². The van der Waals surface area contributed by atoms with Crippen molar-refractivity contribution in [3.63, 3.8) is 0 Å². The zero-order valence-corrected chi connectivity index (χ0v) is 9.77. The zero-order chi connectivity index (χ0) is 14.1. The fraction of sp³-hybridized carbons (Fsp3) is 0.143. The summed E-state index contributed by atoms with van der Waals surface area (Å²) in [6, 6.07) is 1.95. The van der Waals surface area contributed by atoms with E-state index in [0.717, 1.165) is 0 Å². The number of hydrogen-bond donors (Lipinski definition) is 1. The lowest BCUT2D eigenvalue weighted by Gasteiger charge is -2.10. The molecule has 0 spiro atoms. The van der Waals surface area contributed by atoms with Crippen molar-refractivity contribution in [2.75, 3.05) is 5.73 Å². The quantitative estimate of drug-likeness (QED) is 0.827. The lowest BCUT2D eigenvalue weighted by atomic mass is 10.2. The second-order valence-electron chi connectivity index (χ2n) is 2.82. The molecule has 0 fully saturated rings. The molecule has 0 saturated carbocycles. The van der Waals surface area contributed by atoms with Gasteiger partial charge in [-0.05, 0) is 0 Å². The Hall–Kier alpha value is -1.73. The van der Waals surface area contributed by atoms with E-state index in [1.807, 2.05) is 0 Å². The fourth-order valence-electron chi connectivity index (χ4n) is 0.958. The topological polar surface area (TPSA) is 106 Å². The summed E-state index contributed by atoms with van der Waals surface area (Å²) < 4.78 is 61.3. The first kappa shape index (κ1) is 14.3. The molecule has 0 saturated heterocycles. The Morgan fingerprint density at radius 3 is 2.44 bits per heavy atom. The highest BCUT2D eigenvalue weighted by molar-refractivity contribution is 8.13. The van der Waals surface area contributed by atoms with Gasteiger partial charge in [-0.3, -0.25) is 0 Å². The molecule has 0 radical (unpaired) electrons. The van der Waals surface area contributed by atoms with Gasteiger partial charge in [-0.25, -0.2) is 8.42 Å². The van der Waals surface area contributed by atoms with Gasteiger partial charge in [0.15, 0.2) is 5.03 Å². The molecule has 0 unspecified atom stereocenters. The minimum absolute atomic E-state index is 0.550. The Kier molecular flexibility index (Phi) is 3.59. The minimum atomic E-state index is -5.09. The third-order valence-corrected chi connectivity index (χ3v) is 2.78. The van der Waals surface area contributed by atoms with Crippen molar-refractivity contribution < 1.29 is 26.3 Å². The van der Waals surface area contributed by atoms with Crippen LogP contribution in [0.4, 0.5) is 18.9 Å². The lowest BCUT2D eigenvalue weighted by molar-refractivity contribution is -0.276. The first-order chi connectivity index (χ1) is 8.04. The van der Waals surface area contributed by atoms with Crippen LogP contribution in [0.1, 0.15) is 5.56 Å². The van der Waals surface area contributed by atoms with Crippen LogP contribution in [-0.4, -0.2) is 19.8 Å². The summed E-state index contributed by atoms with van der Waals surface area (Å²) in [4.78, 5) is 3.00. The number of nitriles is 1. The maximum absolute atomic E-state index is 11.9. The molecule has 1 aromatic heterocycles. The maximum atomic E-state index is 11.9. The molecule has 0 aliphatic heterocycles. The third-order valence-electron chi connectivity index (χ3n) is 1.57. The Morgan fingerprint density at radius 1 is 1.50 bits per heavy atom. The number of halogens is 4. The summed E-state index contributed by atoms with van der Waals surface area (Å²) in [5, 5.41) is 7.53. The lowest BCUT2D eigenvalue weighted by Crippen LogP contribution is -2.19. The number of rotatable bonds is 2. The SMILES string of the molecule is N#Cc1cc(OC(F)(F)F)nc(S(=O)(=O)Cl)c1N. The van der Waals surface area contributed by atoms with Gasteiger partial charge in [0.05, 0.1) is 11.3 Å². The van der Waals surface area contributed by atoms with Crippen molar-refractivity contribution in [2.24, 2.45) is 0 Å². The fourth-order valence-corrected chi connectivity index (χ4v) is 1.88. The van der Waals surface area contributed by atoms with Crippen LogP contribution in [0.3, 0.4) is 0 Å². The van der Waals surface area contributed by atoms with E-state index >= 15 is 0 Å². The molecule has 6 nitrogen and oxygen atoms in total. The molecule has 0 bridgehead atoms. The Labute approximate surface area is 103 Å². The number of nitrogen functional groups attached to an aromatic ring is 1. The highest BCUT2D eigenvalue weighted by Crippen LogP contribution is 2.29. The van der Waals surface area contributed by atoms with Crippen molar-refractivity contribution in [3.05, 3.63) is 11.6 Å². The first-order valence-corrected chi connectivity index (χ1v) is 6.26. The average Bonchev–Trinajstić information content (AvgIpc) is 2.16. The molecule has 98 valence electrons. The van der Waals surface area contributed by atoms with Crippen molar-refractivity contribution in [3.8, 4) is 11.9 Å². The van der Waals surface area contributed by atoms with Crippen LogP contribution in [0.5, 0.6) is 5.88 Å². The average molecular weight is 302 g/mol. The van der Waals surface area contributed by atoms with Gasteiger partial charge in [0, 0.05) is 16.7 Å². The van der Waals surface area contributed by atoms with Crippen molar-refractivity contribution in [1.82, 2.24) is 4.98 Å². The molecule has 0 atom stereocenters. The predicted molar refractivity (Wildman–Crippen MR) is 53.1 cm³/mol. The predicted octanol–water partition coefficient (Wildman–Crippen LogP) is 1.36. The molecule has 18 heavy (non-hydrogen) atoms. The second-order valence-corrected chi connectivity index (χ2v) is 5.31. The largest absolute Gasteiger partial charge is 0.574 e. The third kappa shape index (κ3) is 3.38. The van der Waals surface area contributed by atoms with E-state index in [0.29, 0.717) is 6.07 Å². The van der Waals surface area contributed by atoms with Gasteiger partial charge in [-0.2, -0.15) is 10.2 Å². The number of aromatic nitrogens is 1. The van der Waals surface area contributed by atoms with Crippen LogP contribution in [-0.2, 0) is 9.05 Å². The molecule has 11 heteroatoms. The van der Waals surface area contributed by atoms with Gasteiger partial charge in [-0.15, -0.1) is 13.2 Å². The number of anilines is 1. The van der Waals surface area contributed by atoms with Gasteiger partial charge in [-0.1, -0.05) is 0 Å². The summed E-state index contributed by atoms with van der Waals surface area (Å²) in [7, 11) is 0.413. The second kappa shape index (κ2) is 4.51. The Balaban J connectivity index is 3.47. The number of alkyl halides is 3. The summed E-state index contributed by atoms with van der Waals surface area (Å²) in [5.74, 6) is -1.15. The number of ether oxygens (including phenoxy) is 1. The minimum Gasteiger partial charge on any atom is -0.395 e. The number of hydrogen-bond acceptors (Lipinski definition) is 6. The van der Waals surface area contributed by atoms with E-state index in [-0.39, 0.29) is 0 Å². The molecule has 1 heterocycles. The summed E-state index contributed by atoms with van der Waals surface area (Å²) >= 11 is 0. The summed E-state index contributed by atoms with van der Waals surface area (Å²) in [5.41, 5.74) is 4.02. The molecule has 0 aliphatic carbocycles. The highest BCUT2D eigenvalue weighted by Gasteiger charge is 2.33. The molecule has 0 aliphatic rings. The van der Waals surface area contributed by atoms with Crippen LogP contribution in [0.2, 0.25) is 0 Å². The van der Waals surface area contributed by atoms with Gasteiger partial charge >= 0.3 is 6.36 Å². The Morgan fingerprint density at radius 2 is 2.06 bits per heavy atom. The highest BCUT2D eigenvalue weighted by atomic mass is 35.7. The van der Waals surface area contributed by atoms with E-state index < -0.39 is 37.6 Å². The van der Waals surface area contributed by atoms with E-state index in [2.05, 4.69) is 9.72 Å². The van der Waals surface area contributed by atoms with Crippen molar-refractivity contribution in [2.45, 2.75) is 11.4 Å². The molecule has 0 amide bonds. The van der Waals surface area contributed by atoms with Crippen molar-refractivity contribution in [1.29, 1.82) is 5.26 Å². The normalized spacial score (nSPS) is 11.9. The van der Waals surface area contributed by atoms with Crippen LogP contribution < -0.4 is 10.5 Å². The van der Waals surface area contributed by atoms with Crippen molar-refractivity contribution >= 4 is 25.4 Å². The van der Waals surface area contributed by atoms with Crippen LogP contribution >= 0.6 is 10.7 Å². The molecule has 1 aromatic rings. The zero-order valence-electron chi connectivity index (χ0n) is 8.19. The van der Waals surface area contributed by atoms with Gasteiger partial charge in [0.25, 0.3) is 9.05 Å². The standard InChI is InChI=1S/C7H3ClF3N3O3S/c8-18(15,16)6-5(13)3(2-12)1-4(14-6)17-7(9,10)11/h1H,13H2. The van der Waals surface area contributed by atoms with E-state index in [9.17, 15) is 21.6 Å². The van der Waals surface area contributed by atoms with E-state index in [4.69, 9.17) is 21.7 Å². The first-order valence-electron chi connectivity index (χ1n) is 3.95.